The Bertz CT molecular complexity index is 917. The van der Waals surface area contributed by atoms with Gasteiger partial charge in [-0.3, -0.25) is 9.59 Å². The molecule has 146 valence electrons. The highest BCUT2D eigenvalue weighted by atomic mass is 79.9. The predicted octanol–water partition coefficient (Wildman–Crippen LogP) is 3.45. The molecule has 2 aliphatic heterocycles. The van der Waals surface area contributed by atoms with E-state index in [1.165, 1.54) is 0 Å². The van der Waals surface area contributed by atoms with Crippen molar-refractivity contribution in [1.82, 2.24) is 5.32 Å². The minimum atomic E-state index is -0.379. The van der Waals surface area contributed by atoms with Gasteiger partial charge in [0, 0.05) is 29.2 Å². The fourth-order valence-electron chi connectivity index (χ4n) is 3.52. The zero-order valence-corrected chi connectivity index (χ0v) is 17.1. The van der Waals surface area contributed by atoms with Crippen LogP contribution in [-0.2, 0) is 9.59 Å². The molecule has 2 aromatic carbocycles. The number of carbonyl (C=O) groups excluding carboxylic acids is 2. The van der Waals surface area contributed by atoms with Crippen LogP contribution in [0.15, 0.2) is 46.9 Å². The molecule has 0 aliphatic carbocycles. The molecule has 0 bridgehead atoms. The highest BCUT2D eigenvalue weighted by Gasteiger charge is 2.36. The summed E-state index contributed by atoms with van der Waals surface area (Å²) >= 11 is 3.45. The lowest BCUT2D eigenvalue weighted by molar-refractivity contribution is -0.126. The van der Waals surface area contributed by atoms with Crippen LogP contribution in [0.4, 0.5) is 5.69 Å². The quantitative estimate of drug-likeness (QED) is 0.783. The minimum absolute atomic E-state index is 0.0630. The Morgan fingerprint density at radius 1 is 1.18 bits per heavy atom. The highest BCUT2D eigenvalue weighted by molar-refractivity contribution is 9.10. The number of benzene rings is 2. The molecular weight excluding hydrogens is 424 g/mol. The maximum absolute atomic E-state index is 12.7. The normalized spacial score (nSPS) is 19.4. The van der Waals surface area contributed by atoms with Gasteiger partial charge >= 0.3 is 0 Å². The average Bonchev–Trinajstić information content (AvgIpc) is 3.09. The number of amides is 2. The fourth-order valence-corrected chi connectivity index (χ4v) is 3.94. The summed E-state index contributed by atoms with van der Waals surface area (Å²) in [6, 6.07) is 13.1. The number of rotatable bonds is 4. The molecule has 6 nitrogen and oxygen atoms in total. The van der Waals surface area contributed by atoms with Gasteiger partial charge in [-0.05, 0) is 36.8 Å². The zero-order chi connectivity index (χ0) is 19.7. The van der Waals surface area contributed by atoms with Gasteiger partial charge in [-0.15, -0.1) is 0 Å². The first kappa shape index (κ1) is 18.8. The van der Waals surface area contributed by atoms with Gasteiger partial charge in [0.25, 0.3) is 0 Å². The zero-order valence-electron chi connectivity index (χ0n) is 15.5. The van der Waals surface area contributed by atoms with Gasteiger partial charge in [-0.2, -0.15) is 0 Å². The first-order valence-corrected chi connectivity index (χ1v) is 10.1. The van der Waals surface area contributed by atoms with Crippen molar-refractivity contribution >= 4 is 33.4 Å². The number of hydrogen-bond donors (Lipinski definition) is 1. The molecule has 0 aromatic heterocycles. The lowest BCUT2D eigenvalue weighted by Crippen LogP contribution is -2.34. The van der Waals surface area contributed by atoms with E-state index in [9.17, 15) is 9.59 Å². The standard InChI is InChI=1S/C21H21BrN2O4/c1-13(14-3-2-4-16(22)9-14)23-21(26)15-10-20(25)24(12-15)17-5-6-18-19(11-17)28-8-7-27-18/h2-6,9,11,13,15H,7-8,10,12H2,1H3,(H,23,26). The predicted molar refractivity (Wildman–Crippen MR) is 109 cm³/mol. The molecule has 28 heavy (non-hydrogen) atoms. The van der Waals surface area contributed by atoms with Crippen molar-refractivity contribution in [3.8, 4) is 11.5 Å². The second-order valence-corrected chi connectivity index (χ2v) is 7.93. The lowest BCUT2D eigenvalue weighted by atomic mass is 10.1. The summed E-state index contributed by atoms with van der Waals surface area (Å²) in [5.74, 6) is 0.759. The van der Waals surface area contributed by atoms with Gasteiger partial charge in [0.1, 0.15) is 13.2 Å². The van der Waals surface area contributed by atoms with Crippen LogP contribution in [0.2, 0.25) is 0 Å². The number of nitrogens with zero attached hydrogens (tertiary/aromatic N) is 1. The maximum Gasteiger partial charge on any atom is 0.227 e. The summed E-state index contributed by atoms with van der Waals surface area (Å²) in [4.78, 5) is 26.9. The van der Waals surface area contributed by atoms with Crippen LogP contribution in [-0.4, -0.2) is 31.6 Å². The summed E-state index contributed by atoms with van der Waals surface area (Å²) in [6.07, 6.45) is 0.200. The summed E-state index contributed by atoms with van der Waals surface area (Å²) in [7, 11) is 0. The van der Waals surface area contributed by atoms with Crippen molar-refractivity contribution in [3.63, 3.8) is 0 Å². The molecule has 1 fully saturated rings. The Labute approximate surface area is 171 Å². The van der Waals surface area contributed by atoms with Gasteiger partial charge in [-0.25, -0.2) is 0 Å². The first-order chi connectivity index (χ1) is 13.5. The molecule has 0 spiro atoms. The van der Waals surface area contributed by atoms with Crippen LogP contribution in [0.1, 0.15) is 24.9 Å². The number of halogens is 1. The Kier molecular flexibility index (Phi) is 5.26. The molecule has 1 saturated heterocycles. The number of nitrogens with one attached hydrogen (secondary N) is 1. The van der Waals surface area contributed by atoms with E-state index in [1.54, 1.807) is 17.0 Å². The summed E-state index contributed by atoms with van der Waals surface area (Å²) in [6.45, 7) is 3.31. The summed E-state index contributed by atoms with van der Waals surface area (Å²) in [5.41, 5.74) is 1.74. The Morgan fingerprint density at radius 2 is 1.96 bits per heavy atom. The second kappa shape index (κ2) is 7.83. The van der Waals surface area contributed by atoms with E-state index in [1.807, 2.05) is 37.3 Å². The van der Waals surface area contributed by atoms with Crippen LogP contribution in [0.5, 0.6) is 11.5 Å². The van der Waals surface area contributed by atoms with E-state index >= 15 is 0 Å². The van der Waals surface area contributed by atoms with Crippen molar-refractivity contribution in [2.24, 2.45) is 5.92 Å². The Balaban J connectivity index is 1.43. The monoisotopic (exact) mass is 444 g/mol. The largest absolute Gasteiger partial charge is 0.486 e. The van der Waals surface area contributed by atoms with Crippen molar-refractivity contribution < 1.29 is 19.1 Å². The summed E-state index contributed by atoms with van der Waals surface area (Å²) in [5, 5.41) is 3.02. The van der Waals surface area contributed by atoms with Gasteiger partial charge in [0.05, 0.1) is 12.0 Å². The molecule has 2 aromatic rings. The third kappa shape index (κ3) is 3.85. The van der Waals surface area contributed by atoms with E-state index in [2.05, 4.69) is 21.2 Å². The second-order valence-electron chi connectivity index (χ2n) is 7.02. The lowest BCUT2D eigenvalue weighted by Gasteiger charge is -2.22. The number of anilines is 1. The Hall–Kier alpha value is -2.54. The van der Waals surface area contributed by atoms with Crippen molar-refractivity contribution in [2.75, 3.05) is 24.7 Å². The van der Waals surface area contributed by atoms with Crippen LogP contribution in [0.25, 0.3) is 0 Å². The number of fused-ring (bicyclic) bond motifs is 1. The molecular formula is C21H21BrN2O4. The van der Waals surface area contributed by atoms with E-state index in [-0.39, 0.29) is 30.2 Å². The topological polar surface area (TPSA) is 67.9 Å². The molecule has 7 heteroatoms. The van der Waals surface area contributed by atoms with Crippen molar-refractivity contribution in [1.29, 1.82) is 0 Å². The molecule has 2 aliphatic rings. The molecule has 2 unspecified atom stereocenters. The molecule has 0 saturated carbocycles. The van der Waals surface area contributed by atoms with Gasteiger partial charge < -0.3 is 19.7 Å². The summed E-state index contributed by atoms with van der Waals surface area (Å²) < 4.78 is 12.1. The molecule has 0 radical (unpaired) electrons. The van der Waals surface area contributed by atoms with Gasteiger partial charge in [-0.1, -0.05) is 28.1 Å². The van der Waals surface area contributed by atoms with Gasteiger partial charge in [0.2, 0.25) is 11.8 Å². The number of hydrogen-bond acceptors (Lipinski definition) is 4. The van der Waals surface area contributed by atoms with E-state index < -0.39 is 0 Å². The molecule has 2 atom stereocenters. The first-order valence-electron chi connectivity index (χ1n) is 9.27. The SMILES string of the molecule is CC(NC(=O)C1CC(=O)N(c2ccc3c(c2)OCCO3)C1)c1cccc(Br)c1. The number of ether oxygens (including phenoxy) is 2. The van der Waals surface area contributed by atoms with Crippen molar-refractivity contribution in [2.45, 2.75) is 19.4 Å². The molecule has 2 heterocycles. The van der Waals surface area contributed by atoms with Crippen molar-refractivity contribution in [3.05, 3.63) is 52.5 Å². The minimum Gasteiger partial charge on any atom is -0.486 e. The fraction of sp³-hybridized carbons (Fsp3) is 0.333. The van der Waals surface area contributed by atoms with Gasteiger partial charge in [0.15, 0.2) is 11.5 Å². The van der Waals surface area contributed by atoms with Crippen LogP contribution < -0.4 is 19.7 Å². The maximum atomic E-state index is 12.7. The smallest absolute Gasteiger partial charge is 0.227 e. The number of carbonyl (C=O) groups is 2. The molecule has 4 rings (SSSR count). The highest BCUT2D eigenvalue weighted by Crippen LogP contribution is 2.36. The van der Waals surface area contributed by atoms with E-state index in [0.29, 0.717) is 31.3 Å². The van der Waals surface area contributed by atoms with E-state index in [4.69, 9.17) is 9.47 Å². The van der Waals surface area contributed by atoms with Crippen LogP contribution in [0.3, 0.4) is 0 Å². The Morgan fingerprint density at radius 3 is 2.75 bits per heavy atom. The van der Waals surface area contributed by atoms with Crippen LogP contribution >= 0.6 is 15.9 Å². The molecule has 2 amide bonds. The third-order valence-electron chi connectivity index (χ3n) is 5.04. The van der Waals surface area contributed by atoms with E-state index in [0.717, 1.165) is 15.7 Å². The molecule has 1 N–H and O–H groups in total. The average molecular weight is 445 g/mol. The third-order valence-corrected chi connectivity index (χ3v) is 5.53. The van der Waals surface area contributed by atoms with Crippen LogP contribution in [0, 0.1) is 5.92 Å².